The van der Waals surface area contributed by atoms with Crippen LogP contribution in [0, 0.1) is 35.8 Å². The van der Waals surface area contributed by atoms with Gasteiger partial charge in [0.15, 0.2) is 0 Å². The van der Waals surface area contributed by atoms with Crippen LogP contribution in [0.5, 0.6) is 11.5 Å². The lowest BCUT2D eigenvalue weighted by Gasteiger charge is -2.23. The maximum atomic E-state index is 9.19. The van der Waals surface area contributed by atoms with Crippen molar-refractivity contribution in [3.63, 3.8) is 0 Å². The largest absolute Gasteiger partial charge is 0.495 e. The van der Waals surface area contributed by atoms with Gasteiger partial charge >= 0.3 is 11.7 Å². The minimum absolute atomic E-state index is 0.202. The molecular weight excluding hydrogens is 681 g/mol. The van der Waals surface area contributed by atoms with Crippen LogP contribution < -0.4 is 9.47 Å². The van der Waals surface area contributed by atoms with E-state index in [1.807, 2.05) is 34.8 Å². The van der Waals surface area contributed by atoms with Crippen LogP contribution in [0.1, 0.15) is 29.2 Å². The Hall–Kier alpha value is -4.38. The van der Waals surface area contributed by atoms with Gasteiger partial charge in [-0.3, -0.25) is 0 Å². The topological polar surface area (TPSA) is 99.5 Å². The Labute approximate surface area is 280 Å². The van der Waals surface area contributed by atoms with Crippen molar-refractivity contribution in [2.24, 2.45) is 9.98 Å². The summed E-state index contributed by atoms with van der Waals surface area (Å²) in [6.07, 6.45) is 2.25. The number of methoxy groups -OCH3 is 2. The fourth-order valence-electron chi connectivity index (χ4n) is 5.35. The van der Waals surface area contributed by atoms with Gasteiger partial charge < -0.3 is 19.2 Å². The molecule has 0 aromatic carbocycles. The van der Waals surface area contributed by atoms with E-state index in [0.29, 0.717) is 21.5 Å². The molecule has 0 radical (unpaired) electrons. The monoisotopic (exact) mass is 696 g/mol. The van der Waals surface area contributed by atoms with Crippen molar-refractivity contribution < 1.29 is 9.47 Å². The molecule has 6 aromatic rings. The fraction of sp³-hybridized carbons (Fsp3) is 0.161. The zero-order valence-electron chi connectivity index (χ0n) is 23.8. The van der Waals surface area contributed by atoms with Crippen LogP contribution in [0.15, 0.2) is 28.2 Å². The maximum Gasteiger partial charge on any atom is 0.350 e. The molecule has 0 aliphatic heterocycles. The van der Waals surface area contributed by atoms with Crippen molar-refractivity contribution in [2.75, 3.05) is 14.2 Å². The average Bonchev–Trinajstić information content (AvgIpc) is 3.87. The lowest BCUT2D eigenvalue weighted by Crippen LogP contribution is -2.15. The molecule has 0 atom stereocenters. The zero-order valence-corrected chi connectivity index (χ0v) is 28.7. The third-order valence-corrected chi connectivity index (χ3v) is 14.9. The number of fused-ring (bicyclic) bond motifs is 7. The highest BCUT2D eigenvalue weighted by atomic mass is 32.1. The molecule has 0 saturated carbocycles. The molecule has 7 rings (SSSR count). The van der Waals surface area contributed by atoms with Gasteiger partial charge in [-0.05, 0) is 23.3 Å². The summed E-state index contributed by atoms with van der Waals surface area (Å²) in [4.78, 5) is 19.0. The number of thiophene rings is 6. The van der Waals surface area contributed by atoms with Gasteiger partial charge in [-0.1, -0.05) is 59.7 Å². The first kappa shape index (κ1) is 29.3. The Morgan fingerprint density at radius 3 is 1.93 bits per heavy atom. The van der Waals surface area contributed by atoms with Crippen molar-refractivity contribution in [3.05, 3.63) is 56.4 Å². The Balaban J connectivity index is 1.31. The summed E-state index contributed by atoms with van der Waals surface area (Å²) in [5.74, 6) is 0.952. The summed E-state index contributed by atoms with van der Waals surface area (Å²) < 4.78 is 19.0. The molecule has 0 saturated heterocycles. The van der Waals surface area contributed by atoms with E-state index < -0.39 is 0 Å². The van der Waals surface area contributed by atoms with E-state index in [-0.39, 0.29) is 17.1 Å². The fourth-order valence-corrected chi connectivity index (χ4v) is 13.8. The van der Waals surface area contributed by atoms with Gasteiger partial charge in [0.05, 0.1) is 52.4 Å². The van der Waals surface area contributed by atoms with Gasteiger partial charge in [0.25, 0.3) is 0 Å². The number of amidine groups is 2. The Morgan fingerprint density at radius 1 is 0.756 bits per heavy atom. The van der Waals surface area contributed by atoms with Gasteiger partial charge in [-0.25, -0.2) is 10.5 Å². The predicted molar refractivity (Wildman–Crippen MR) is 191 cm³/mol. The number of rotatable bonds is 6. The van der Waals surface area contributed by atoms with Crippen LogP contribution in [-0.4, -0.2) is 25.9 Å². The lowest BCUT2D eigenvalue weighted by atomic mass is 9.81. The molecular formula is C31H16N6O2S6. The number of nitriles is 2. The summed E-state index contributed by atoms with van der Waals surface area (Å²) in [6.45, 7) is 18.8. The molecule has 0 N–H and O–H groups in total. The third-order valence-electron chi connectivity index (χ3n) is 7.32. The van der Waals surface area contributed by atoms with Crippen LogP contribution in [0.4, 0.5) is 10.0 Å². The van der Waals surface area contributed by atoms with Crippen molar-refractivity contribution in [3.8, 4) is 33.4 Å². The Bertz CT molecular complexity index is 2460. The van der Waals surface area contributed by atoms with Gasteiger partial charge in [0.1, 0.15) is 23.6 Å². The second-order valence-corrected chi connectivity index (χ2v) is 16.4. The van der Waals surface area contributed by atoms with Crippen LogP contribution in [0.3, 0.4) is 0 Å². The van der Waals surface area contributed by atoms with E-state index in [1.165, 1.54) is 61.3 Å². The number of hydrogen-bond donors (Lipinski definition) is 0. The molecule has 1 aliphatic carbocycles. The Morgan fingerprint density at radius 2 is 1.33 bits per heavy atom. The molecule has 218 valence electrons. The van der Waals surface area contributed by atoms with E-state index in [1.54, 1.807) is 49.0 Å². The van der Waals surface area contributed by atoms with Crippen molar-refractivity contribution in [2.45, 2.75) is 19.3 Å². The number of hydrogen-bond acceptors (Lipinski definition) is 12. The second kappa shape index (κ2) is 10.9. The van der Waals surface area contributed by atoms with Gasteiger partial charge in [-0.15, -0.1) is 45.3 Å². The highest BCUT2D eigenvalue weighted by molar-refractivity contribution is 7.45. The minimum Gasteiger partial charge on any atom is -0.495 e. The first-order valence-electron chi connectivity index (χ1n) is 13.0. The average molecular weight is 697 g/mol. The molecule has 0 fully saturated rings. The molecule has 6 heterocycles. The molecule has 6 aromatic heterocycles. The second-order valence-electron chi connectivity index (χ2n) is 10.1. The van der Waals surface area contributed by atoms with Crippen LogP contribution in [-0.2, 0) is 5.41 Å². The molecule has 8 nitrogen and oxygen atoms in total. The van der Waals surface area contributed by atoms with Crippen LogP contribution in [0.25, 0.3) is 59.3 Å². The first-order chi connectivity index (χ1) is 21.7. The molecule has 0 unspecified atom stereocenters. The number of nitrogens with zero attached hydrogens (tertiary/aromatic N) is 6. The predicted octanol–water partition coefficient (Wildman–Crippen LogP) is 11.0. The molecule has 0 amide bonds. The summed E-state index contributed by atoms with van der Waals surface area (Å²) in [7, 11) is 3.24. The van der Waals surface area contributed by atoms with E-state index in [2.05, 4.69) is 45.7 Å². The van der Waals surface area contributed by atoms with E-state index in [0.717, 1.165) is 20.2 Å². The standard InChI is InChI=1S/C31H16N6O2S6/c1-31(2)13(24-14(38-5)8-21(43-24)36-19(11-32)34-3)7-16-23(31)27-29(40-16)30-28(45-27)26-18(42-30)10-17(41-26)25-15(39-6)9-22(44-25)37-20(12-33)35-4/h7-10H,1-2,5-6H3. The molecule has 45 heavy (non-hydrogen) atoms. The molecule has 1 aliphatic rings. The normalized spacial score (nSPS) is 14.3. The van der Waals surface area contributed by atoms with Crippen LogP contribution in [0.2, 0.25) is 0 Å². The SMILES string of the molecule is [C-]#[N+]C(C#N)=Nc1cc(OC)c(C2=Cc3sc4c(sc5c6sc(-c7sc(N=C(C#N)[N+]#[C-])cc7OC)cc6sc45)c3C2(C)C)s1. The third kappa shape index (κ3) is 4.50. The number of allylic oxidation sites excluding steroid dienone is 1. The van der Waals surface area contributed by atoms with E-state index in [4.69, 9.17) is 27.9 Å². The Kier molecular flexibility index (Phi) is 7.11. The van der Waals surface area contributed by atoms with Gasteiger partial charge in [0.2, 0.25) is 10.0 Å². The number of aliphatic imine (C=N–C) groups is 2. The quantitative estimate of drug-likeness (QED) is 0.0983. The van der Waals surface area contributed by atoms with Gasteiger partial charge in [0, 0.05) is 27.1 Å². The minimum atomic E-state index is -0.299. The number of ether oxygens (including phenoxy) is 2. The molecule has 0 bridgehead atoms. The maximum absolute atomic E-state index is 9.19. The van der Waals surface area contributed by atoms with Crippen molar-refractivity contribution in [1.29, 1.82) is 10.5 Å². The molecule has 0 spiro atoms. The van der Waals surface area contributed by atoms with E-state index >= 15 is 0 Å². The van der Waals surface area contributed by atoms with Crippen LogP contribution >= 0.6 is 68.0 Å². The van der Waals surface area contributed by atoms with Gasteiger partial charge in [-0.2, -0.15) is 0 Å². The first-order valence-corrected chi connectivity index (χ1v) is 17.9. The highest BCUT2D eigenvalue weighted by Gasteiger charge is 2.40. The summed E-state index contributed by atoms with van der Waals surface area (Å²) in [5.41, 5.74) is 2.15. The summed E-state index contributed by atoms with van der Waals surface area (Å²) in [6, 6.07) is 9.42. The summed E-state index contributed by atoms with van der Waals surface area (Å²) >= 11 is 10.0. The van der Waals surface area contributed by atoms with E-state index in [9.17, 15) is 5.26 Å². The lowest BCUT2D eigenvalue weighted by molar-refractivity contribution is 0.415. The zero-order chi connectivity index (χ0) is 31.6. The molecule has 14 heteroatoms. The summed E-state index contributed by atoms with van der Waals surface area (Å²) in [5, 5.41) is 19.5. The smallest absolute Gasteiger partial charge is 0.350 e. The highest BCUT2D eigenvalue weighted by Crippen LogP contribution is 2.60. The van der Waals surface area contributed by atoms with Crippen molar-refractivity contribution >= 4 is 130 Å². The van der Waals surface area contributed by atoms with Crippen molar-refractivity contribution in [1.82, 2.24) is 0 Å².